The molecule has 0 bridgehead atoms. The van der Waals surface area contributed by atoms with Crippen molar-refractivity contribution in [2.45, 2.75) is 38.8 Å². The first kappa shape index (κ1) is 14.5. The van der Waals surface area contributed by atoms with Crippen molar-refractivity contribution in [2.24, 2.45) is 0 Å². The third kappa shape index (κ3) is 3.16. The Labute approximate surface area is 116 Å². The van der Waals surface area contributed by atoms with Gasteiger partial charge >= 0.3 is 5.97 Å². The van der Waals surface area contributed by atoms with Gasteiger partial charge in [0, 0.05) is 13.0 Å². The fourth-order valence-corrected chi connectivity index (χ4v) is 2.27. The van der Waals surface area contributed by atoms with Crippen LogP contribution in [0.2, 0.25) is 0 Å². The number of hydrogen-bond donors (Lipinski definition) is 2. The van der Waals surface area contributed by atoms with Crippen molar-refractivity contribution in [3.8, 4) is 0 Å². The number of carboxylic acid groups (broad SMARTS) is 1. The lowest BCUT2D eigenvalue weighted by Gasteiger charge is -2.32. The summed E-state index contributed by atoms with van der Waals surface area (Å²) in [6.45, 7) is 3.19. The molecule has 7 nitrogen and oxygen atoms in total. The predicted molar refractivity (Wildman–Crippen MR) is 70.0 cm³/mol. The number of aromatic amines is 1. The molecule has 1 unspecified atom stereocenters. The molecule has 1 aliphatic heterocycles. The second-order valence-electron chi connectivity index (χ2n) is 4.77. The van der Waals surface area contributed by atoms with Gasteiger partial charge in [-0.15, -0.1) is 0 Å². The molecular formula is C13H19N3O4. The topological polar surface area (TPSA) is 95.5 Å². The minimum Gasteiger partial charge on any atom is -0.480 e. The number of fused-ring (bicyclic) bond motifs is 1. The van der Waals surface area contributed by atoms with Crippen LogP contribution in [0.3, 0.4) is 0 Å². The van der Waals surface area contributed by atoms with Gasteiger partial charge in [0.05, 0.1) is 37.3 Å². The zero-order chi connectivity index (χ0) is 14.5. The summed E-state index contributed by atoms with van der Waals surface area (Å²) in [5.41, 5.74) is 1.54. The molecule has 0 saturated carbocycles. The Balaban J connectivity index is 2.01. The molecule has 0 aromatic carbocycles. The van der Waals surface area contributed by atoms with E-state index in [4.69, 9.17) is 4.74 Å². The number of H-pyrrole nitrogens is 1. The Bertz CT molecular complexity index is 486. The Hall–Kier alpha value is -1.89. The standard InChI is InChI=1S/C13H19N3O4/c1-2-4-20-5-3-12(17)16-7-10-9(14-8-15-10)6-11(16)13(18)19/h8,11H,2-7H2,1H3,(H,14,15)(H,18,19). The van der Waals surface area contributed by atoms with Crippen LogP contribution < -0.4 is 0 Å². The van der Waals surface area contributed by atoms with E-state index in [0.29, 0.717) is 13.2 Å². The van der Waals surface area contributed by atoms with E-state index >= 15 is 0 Å². The average molecular weight is 281 g/mol. The largest absolute Gasteiger partial charge is 0.480 e. The van der Waals surface area contributed by atoms with Crippen LogP contribution in [0.5, 0.6) is 0 Å². The maximum atomic E-state index is 12.2. The molecule has 0 fully saturated rings. The second kappa shape index (κ2) is 6.51. The molecule has 0 saturated heterocycles. The fraction of sp³-hybridized carbons (Fsp3) is 0.615. The SMILES string of the molecule is CCCOCCC(=O)N1Cc2[nH]cnc2CC1C(=O)O. The lowest BCUT2D eigenvalue weighted by Crippen LogP contribution is -2.48. The number of nitrogens with one attached hydrogen (secondary N) is 1. The summed E-state index contributed by atoms with van der Waals surface area (Å²) < 4.78 is 5.28. The lowest BCUT2D eigenvalue weighted by atomic mass is 10.0. The van der Waals surface area contributed by atoms with Crippen molar-refractivity contribution in [3.63, 3.8) is 0 Å². The van der Waals surface area contributed by atoms with Gasteiger partial charge < -0.3 is 19.7 Å². The zero-order valence-electron chi connectivity index (χ0n) is 11.5. The third-order valence-corrected chi connectivity index (χ3v) is 3.31. The summed E-state index contributed by atoms with van der Waals surface area (Å²) in [6.07, 6.45) is 2.87. The number of carbonyl (C=O) groups excluding carboxylic acids is 1. The number of aliphatic carboxylic acids is 1. The Morgan fingerprint density at radius 1 is 1.55 bits per heavy atom. The summed E-state index contributed by atoms with van der Waals surface area (Å²) in [4.78, 5) is 31.9. The summed E-state index contributed by atoms with van der Waals surface area (Å²) in [5.74, 6) is -1.20. The first-order valence-electron chi connectivity index (χ1n) is 6.74. The van der Waals surface area contributed by atoms with Crippen molar-refractivity contribution >= 4 is 11.9 Å². The van der Waals surface area contributed by atoms with Gasteiger partial charge in [0.1, 0.15) is 6.04 Å². The van der Waals surface area contributed by atoms with E-state index in [1.807, 2.05) is 6.92 Å². The van der Waals surface area contributed by atoms with Crippen LogP contribution in [0.1, 0.15) is 31.2 Å². The highest BCUT2D eigenvalue weighted by Gasteiger charge is 2.35. The number of hydrogen-bond acceptors (Lipinski definition) is 4. The van der Waals surface area contributed by atoms with Crippen LogP contribution in [0.4, 0.5) is 0 Å². The second-order valence-corrected chi connectivity index (χ2v) is 4.77. The highest BCUT2D eigenvalue weighted by molar-refractivity contribution is 5.84. The van der Waals surface area contributed by atoms with Gasteiger partial charge in [-0.1, -0.05) is 6.92 Å². The van der Waals surface area contributed by atoms with E-state index in [-0.39, 0.29) is 25.3 Å². The minimum atomic E-state index is -0.999. The van der Waals surface area contributed by atoms with Crippen LogP contribution in [0.25, 0.3) is 0 Å². The number of amides is 1. The van der Waals surface area contributed by atoms with E-state index in [9.17, 15) is 14.7 Å². The number of rotatable bonds is 6. The van der Waals surface area contributed by atoms with Gasteiger partial charge in [0.15, 0.2) is 0 Å². The molecule has 20 heavy (non-hydrogen) atoms. The quantitative estimate of drug-likeness (QED) is 0.743. The average Bonchev–Trinajstić information content (AvgIpc) is 2.89. The smallest absolute Gasteiger partial charge is 0.326 e. The van der Waals surface area contributed by atoms with Crippen molar-refractivity contribution in [2.75, 3.05) is 13.2 Å². The highest BCUT2D eigenvalue weighted by Crippen LogP contribution is 2.21. The van der Waals surface area contributed by atoms with E-state index in [1.165, 1.54) is 11.2 Å². The van der Waals surface area contributed by atoms with Gasteiger partial charge in [0.25, 0.3) is 0 Å². The van der Waals surface area contributed by atoms with E-state index < -0.39 is 12.0 Å². The van der Waals surface area contributed by atoms with Crippen LogP contribution in [-0.4, -0.2) is 51.1 Å². The molecule has 2 N–H and O–H groups in total. The first-order chi connectivity index (χ1) is 9.63. The van der Waals surface area contributed by atoms with Gasteiger partial charge in [-0.3, -0.25) is 4.79 Å². The number of aromatic nitrogens is 2. The summed E-state index contributed by atoms with van der Waals surface area (Å²) >= 11 is 0. The minimum absolute atomic E-state index is 0.200. The number of imidazole rings is 1. The Morgan fingerprint density at radius 2 is 2.35 bits per heavy atom. The maximum absolute atomic E-state index is 12.2. The molecule has 1 aromatic rings. The Morgan fingerprint density at radius 3 is 3.05 bits per heavy atom. The number of carboxylic acids is 1. The number of carbonyl (C=O) groups is 2. The molecule has 0 radical (unpaired) electrons. The van der Waals surface area contributed by atoms with Gasteiger partial charge in [-0.05, 0) is 6.42 Å². The molecule has 7 heteroatoms. The van der Waals surface area contributed by atoms with Gasteiger partial charge in [-0.25, -0.2) is 9.78 Å². The van der Waals surface area contributed by atoms with Crippen LogP contribution >= 0.6 is 0 Å². The maximum Gasteiger partial charge on any atom is 0.326 e. The molecule has 2 rings (SSSR count). The summed E-state index contributed by atoms with van der Waals surface area (Å²) in [7, 11) is 0. The lowest BCUT2D eigenvalue weighted by molar-refractivity contribution is -0.152. The summed E-state index contributed by atoms with van der Waals surface area (Å²) in [5, 5.41) is 9.27. The molecule has 1 amide bonds. The molecule has 0 aliphatic carbocycles. The predicted octanol–water partition coefficient (Wildman–Crippen LogP) is 0.564. The van der Waals surface area contributed by atoms with E-state index in [1.54, 1.807) is 0 Å². The third-order valence-electron chi connectivity index (χ3n) is 3.31. The number of ether oxygens (including phenoxy) is 1. The van der Waals surface area contributed by atoms with Gasteiger partial charge in [-0.2, -0.15) is 0 Å². The molecule has 2 heterocycles. The van der Waals surface area contributed by atoms with Crippen molar-refractivity contribution in [3.05, 3.63) is 17.7 Å². The molecular weight excluding hydrogens is 262 g/mol. The van der Waals surface area contributed by atoms with Crippen LogP contribution in [-0.2, 0) is 27.3 Å². The fourth-order valence-electron chi connectivity index (χ4n) is 2.27. The summed E-state index contributed by atoms with van der Waals surface area (Å²) in [6, 6.07) is -0.843. The first-order valence-corrected chi connectivity index (χ1v) is 6.74. The van der Waals surface area contributed by atoms with Crippen molar-refractivity contribution in [1.82, 2.24) is 14.9 Å². The molecule has 0 spiro atoms. The monoisotopic (exact) mass is 281 g/mol. The molecule has 110 valence electrons. The van der Waals surface area contributed by atoms with Crippen molar-refractivity contribution in [1.29, 1.82) is 0 Å². The highest BCUT2D eigenvalue weighted by atomic mass is 16.5. The normalized spacial score (nSPS) is 17.9. The van der Waals surface area contributed by atoms with Crippen LogP contribution in [0, 0.1) is 0 Å². The van der Waals surface area contributed by atoms with Gasteiger partial charge in [0.2, 0.25) is 5.91 Å². The Kier molecular flexibility index (Phi) is 4.73. The van der Waals surface area contributed by atoms with Crippen LogP contribution in [0.15, 0.2) is 6.33 Å². The number of nitrogens with zero attached hydrogens (tertiary/aromatic N) is 2. The molecule has 1 aliphatic rings. The molecule has 1 atom stereocenters. The van der Waals surface area contributed by atoms with E-state index in [0.717, 1.165) is 17.8 Å². The molecule has 1 aromatic heterocycles. The van der Waals surface area contributed by atoms with E-state index in [2.05, 4.69) is 9.97 Å². The van der Waals surface area contributed by atoms with Crippen molar-refractivity contribution < 1.29 is 19.4 Å². The zero-order valence-corrected chi connectivity index (χ0v) is 11.5.